The van der Waals surface area contributed by atoms with Gasteiger partial charge in [-0.1, -0.05) is 0 Å². The Balaban J connectivity index is 1.96. The number of quaternary nitrogens is 1. The number of aromatic nitrogens is 3. The van der Waals surface area contributed by atoms with E-state index in [9.17, 15) is 4.57 Å². The van der Waals surface area contributed by atoms with E-state index >= 15 is 0 Å². The van der Waals surface area contributed by atoms with Crippen molar-refractivity contribution in [1.82, 2.24) is 14.5 Å². The summed E-state index contributed by atoms with van der Waals surface area (Å²) in [6, 6.07) is 0. The fourth-order valence-corrected chi connectivity index (χ4v) is 3.30. The molecule has 2 heterocycles. The summed E-state index contributed by atoms with van der Waals surface area (Å²) in [5.41, 5.74) is 0. The van der Waals surface area contributed by atoms with Gasteiger partial charge >= 0.3 is 7.75 Å². The molecule has 0 aromatic carbocycles. The van der Waals surface area contributed by atoms with E-state index in [4.69, 9.17) is 18.5 Å². The summed E-state index contributed by atoms with van der Waals surface area (Å²) in [7, 11) is 2.52. The van der Waals surface area contributed by atoms with Crippen LogP contribution in [0.5, 0.6) is 0 Å². The zero-order valence-electron chi connectivity index (χ0n) is 14.3. The Labute approximate surface area is 136 Å². The number of ether oxygens (including phenoxy) is 2. The molecule has 1 fully saturated rings. The molecule has 0 aliphatic carbocycles. The third-order valence-corrected chi connectivity index (χ3v) is 4.95. The molecule has 23 heavy (non-hydrogen) atoms. The Morgan fingerprint density at radius 1 is 1.30 bits per heavy atom. The summed E-state index contributed by atoms with van der Waals surface area (Å²) in [5, 5.41) is 7.34. The Morgan fingerprint density at radius 3 is 2.48 bits per heavy atom. The van der Waals surface area contributed by atoms with Gasteiger partial charge in [-0.15, -0.1) is 10.2 Å². The van der Waals surface area contributed by atoms with Crippen molar-refractivity contribution in [3.05, 3.63) is 12.7 Å². The van der Waals surface area contributed by atoms with Gasteiger partial charge in [0, 0.05) is 0 Å². The van der Waals surface area contributed by atoms with Gasteiger partial charge < -0.3 is 14.0 Å². The van der Waals surface area contributed by atoms with E-state index in [-0.39, 0.29) is 19.3 Å². The molecule has 1 aromatic rings. The first-order valence-corrected chi connectivity index (χ1v) is 8.96. The predicted molar refractivity (Wildman–Crippen MR) is 82.7 cm³/mol. The fraction of sp³-hybridized carbons (Fsp3) is 0.846. The van der Waals surface area contributed by atoms with E-state index in [1.165, 1.54) is 17.0 Å². The average Bonchev–Trinajstić information content (AvgIpc) is 3.04. The molecule has 1 aromatic heterocycles. The van der Waals surface area contributed by atoms with Crippen LogP contribution in [0.15, 0.2) is 12.7 Å². The van der Waals surface area contributed by atoms with Gasteiger partial charge in [0.1, 0.15) is 31.9 Å². The van der Waals surface area contributed by atoms with Crippen molar-refractivity contribution in [1.29, 1.82) is 0 Å². The molecule has 0 saturated carbocycles. The lowest BCUT2D eigenvalue weighted by molar-refractivity contribution is -0.870. The number of hydrogen-bond donors (Lipinski definition) is 0. The minimum atomic E-state index is -3.56. The van der Waals surface area contributed by atoms with Gasteiger partial charge in [-0.3, -0.25) is 9.05 Å². The zero-order valence-corrected chi connectivity index (χ0v) is 15.2. The van der Waals surface area contributed by atoms with Crippen molar-refractivity contribution in [3.8, 4) is 0 Å². The van der Waals surface area contributed by atoms with E-state index in [0.29, 0.717) is 17.6 Å². The quantitative estimate of drug-likeness (QED) is 0.514. The molecule has 1 aliphatic rings. The molecular formula is C13H26N4O5P+. The van der Waals surface area contributed by atoms with Crippen LogP contribution >= 0.6 is 7.75 Å². The third kappa shape index (κ3) is 5.63. The van der Waals surface area contributed by atoms with Crippen LogP contribution in [0.2, 0.25) is 0 Å². The number of likely N-dealkylation sites (N-methyl/N-ethyl adjacent to an activating group) is 1. The van der Waals surface area contributed by atoms with Crippen LogP contribution in [0.4, 0.5) is 0 Å². The number of rotatable bonds is 8. The summed E-state index contributed by atoms with van der Waals surface area (Å²) >= 11 is 0. The molecule has 10 heteroatoms. The molecule has 9 nitrogen and oxygen atoms in total. The normalized spacial score (nSPS) is 23.8. The highest BCUT2D eigenvalue weighted by atomic mass is 31.2. The standard InChI is InChI=1S/C13H26N4O5P/c1-13(2)19-8-12(22-13)9-21-23(18,16-10-14-15-11-16)20-7-6-17(3,4)5/h10-12H,6-9H2,1-5H3/q+1/t12-,23?/m0/s1. The molecule has 2 rings (SSSR count). The molecule has 0 amide bonds. The maximum atomic E-state index is 13.0. The van der Waals surface area contributed by atoms with Crippen LogP contribution in [-0.2, 0) is 23.1 Å². The number of hydrogen-bond acceptors (Lipinski definition) is 7. The van der Waals surface area contributed by atoms with Gasteiger partial charge in [-0.2, -0.15) is 0 Å². The molecule has 2 atom stereocenters. The Bertz CT molecular complexity index is 543. The molecule has 0 bridgehead atoms. The molecule has 0 radical (unpaired) electrons. The average molecular weight is 349 g/mol. The van der Waals surface area contributed by atoms with Gasteiger partial charge in [0.15, 0.2) is 5.79 Å². The van der Waals surface area contributed by atoms with Crippen LogP contribution in [0.25, 0.3) is 0 Å². The van der Waals surface area contributed by atoms with Gasteiger partial charge in [0.2, 0.25) is 0 Å². The largest absolute Gasteiger partial charge is 0.441 e. The smallest absolute Gasteiger partial charge is 0.348 e. The van der Waals surface area contributed by atoms with Crippen LogP contribution in [-0.4, -0.2) is 78.4 Å². The van der Waals surface area contributed by atoms with Crippen molar-refractivity contribution in [3.63, 3.8) is 0 Å². The number of nitrogens with zero attached hydrogens (tertiary/aromatic N) is 4. The predicted octanol–water partition coefficient (Wildman–Crippen LogP) is 1.13. The van der Waals surface area contributed by atoms with Crippen molar-refractivity contribution in [2.75, 3.05) is 47.5 Å². The van der Waals surface area contributed by atoms with E-state index in [1.807, 2.05) is 35.0 Å². The van der Waals surface area contributed by atoms with Gasteiger partial charge in [-0.05, 0) is 13.8 Å². The maximum Gasteiger partial charge on any atom is 0.441 e. The minimum absolute atomic E-state index is 0.100. The maximum absolute atomic E-state index is 13.0. The topological polar surface area (TPSA) is 84.7 Å². The fourth-order valence-electron chi connectivity index (χ4n) is 1.94. The molecule has 0 N–H and O–H groups in total. The summed E-state index contributed by atoms with van der Waals surface area (Å²) < 4.78 is 37.2. The summed E-state index contributed by atoms with van der Waals surface area (Å²) in [6.45, 7) is 5.10. The molecular weight excluding hydrogens is 323 g/mol. The second kappa shape index (κ2) is 6.96. The van der Waals surface area contributed by atoms with Crippen LogP contribution in [0.1, 0.15) is 13.8 Å². The van der Waals surface area contributed by atoms with Gasteiger partial charge in [0.05, 0.1) is 34.4 Å². The lowest BCUT2D eigenvalue weighted by atomic mass is 10.4. The third-order valence-electron chi connectivity index (χ3n) is 3.20. The Morgan fingerprint density at radius 2 is 1.96 bits per heavy atom. The van der Waals surface area contributed by atoms with Crippen molar-refractivity contribution in [2.24, 2.45) is 0 Å². The molecule has 1 saturated heterocycles. The van der Waals surface area contributed by atoms with Crippen LogP contribution in [0, 0.1) is 0 Å². The minimum Gasteiger partial charge on any atom is -0.348 e. The highest BCUT2D eigenvalue weighted by Crippen LogP contribution is 2.49. The van der Waals surface area contributed by atoms with Crippen molar-refractivity contribution in [2.45, 2.75) is 25.7 Å². The van der Waals surface area contributed by atoms with E-state index in [1.54, 1.807) is 0 Å². The lowest BCUT2D eigenvalue weighted by Gasteiger charge is -2.25. The summed E-state index contributed by atoms with van der Waals surface area (Å²) in [5.74, 6) is -0.654. The summed E-state index contributed by atoms with van der Waals surface area (Å²) in [6.07, 6.45) is 2.35. The Kier molecular flexibility index (Phi) is 5.60. The van der Waals surface area contributed by atoms with Gasteiger partial charge in [-0.25, -0.2) is 8.90 Å². The molecule has 1 unspecified atom stereocenters. The van der Waals surface area contributed by atoms with Crippen molar-refractivity contribution < 1.29 is 27.6 Å². The first-order valence-electron chi connectivity index (χ1n) is 7.46. The Hall–Kier alpha value is -0.830. The van der Waals surface area contributed by atoms with Crippen molar-refractivity contribution >= 4 is 7.75 Å². The van der Waals surface area contributed by atoms with Crippen LogP contribution in [0.3, 0.4) is 0 Å². The van der Waals surface area contributed by atoms with E-state index < -0.39 is 13.5 Å². The zero-order chi connectivity index (χ0) is 17.1. The monoisotopic (exact) mass is 349 g/mol. The first kappa shape index (κ1) is 18.5. The molecule has 0 spiro atoms. The molecule has 132 valence electrons. The lowest BCUT2D eigenvalue weighted by Crippen LogP contribution is -2.37. The van der Waals surface area contributed by atoms with Gasteiger partial charge in [0.25, 0.3) is 0 Å². The SMILES string of the molecule is CC1(C)OC[C@@H](COP(=O)(OCC[N+](C)(C)C)n2cnnc2)O1. The highest BCUT2D eigenvalue weighted by Gasteiger charge is 2.36. The molecule has 1 aliphatic heterocycles. The highest BCUT2D eigenvalue weighted by molar-refractivity contribution is 7.52. The summed E-state index contributed by atoms with van der Waals surface area (Å²) in [4.78, 5) is 0. The van der Waals surface area contributed by atoms with Crippen LogP contribution < -0.4 is 0 Å². The second-order valence-corrected chi connectivity index (χ2v) is 8.82. The van der Waals surface area contributed by atoms with E-state index in [2.05, 4.69) is 10.2 Å². The first-order chi connectivity index (χ1) is 10.6. The second-order valence-electron chi connectivity index (χ2n) is 6.90. The van der Waals surface area contributed by atoms with E-state index in [0.717, 1.165) is 0 Å².